The molecule has 0 aliphatic carbocycles. The fraction of sp³-hybridized carbons (Fsp3) is 0.891. The third-order valence-corrected chi connectivity index (χ3v) is 13.5. The van der Waals surface area contributed by atoms with Crippen molar-refractivity contribution in [3.05, 3.63) is 0 Å². The maximum atomic E-state index is 12.1. The molecule has 1 fully saturated rings. The Morgan fingerprint density at radius 2 is 0.825 bits per heavy atom. The van der Waals surface area contributed by atoms with Crippen LogP contribution in [0.15, 0.2) is 4.99 Å². The van der Waals surface area contributed by atoms with Crippen LogP contribution in [0.25, 0.3) is 0 Å². The fourth-order valence-electron chi connectivity index (χ4n) is 6.45. The van der Waals surface area contributed by atoms with E-state index in [1.807, 2.05) is 0 Å². The number of aliphatic imine (C=N–C) groups is 1. The monoisotopic (exact) mass is 951 g/mol. The van der Waals surface area contributed by atoms with Crippen LogP contribution in [-0.4, -0.2) is 140 Å². The van der Waals surface area contributed by atoms with Gasteiger partial charge in [-0.3, -0.25) is 19.2 Å². The molecule has 3 atom stereocenters. The normalized spacial score (nSPS) is 14.8. The van der Waals surface area contributed by atoms with Crippen LogP contribution in [0.3, 0.4) is 0 Å². The van der Waals surface area contributed by atoms with Gasteiger partial charge in [0.15, 0.2) is 0 Å². The van der Waals surface area contributed by atoms with Crippen molar-refractivity contribution in [1.82, 2.24) is 0 Å². The van der Waals surface area contributed by atoms with Crippen LogP contribution in [0.5, 0.6) is 0 Å². The van der Waals surface area contributed by atoms with E-state index >= 15 is 0 Å². The summed E-state index contributed by atoms with van der Waals surface area (Å²) in [5.74, 6) is 2.78. The molecule has 0 aromatic rings. The number of esters is 4. The van der Waals surface area contributed by atoms with Gasteiger partial charge in [-0.25, -0.2) is 4.99 Å². The lowest BCUT2D eigenvalue weighted by atomic mass is 9.91. The summed E-state index contributed by atoms with van der Waals surface area (Å²) in [5.41, 5.74) is -0.242. The summed E-state index contributed by atoms with van der Waals surface area (Å²) < 4.78 is 48.2. The topological polar surface area (TPSA) is 164 Å². The number of isothiocyanates is 1. The zero-order valence-electron chi connectivity index (χ0n) is 39.2. The molecular formula is C46H81NO13S3. The SMILES string of the molecule is CC(C)CCCC(C)CCCC(C)CCCC(C)CCOC(=O)CCC(=O)OCCOCCOCCOCCOCCOCCOC(=O)CCC(=O)OCC1(CN=C=S)CSSC1. The Morgan fingerprint density at radius 1 is 0.492 bits per heavy atom. The van der Waals surface area contributed by atoms with E-state index in [4.69, 9.17) is 42.6 Å². The first-order valence-electron chi connectivity index (χ1n) is 23.2. The van der Waals surface area contributed by atoms with Gasteiger partial charge in [0.05, 0.1) is 110 Å². The number of rotatable bonds is 43. The standard InChI is InChI=1S/C46H81NO13S3/c1-38(2)9-6-10-39(3)11-7-12-40(4)13-8-14-41(5)19-20-57-42(48)15-16-43(49)58-31-29-55-27-25-53-23-21-52-22-24-54-26-28-56-30-32-59-44(50)17-18-45(51)60-34-46(33-47-37-61)35-62-63-36-46/h38-41H,6-36H2,1-5H3. The first kappa shape index (κ1) is 59.2. The molecular weight excluding hydrogens is 871 g/mol. The van der Waals surface area contributed by atoms with Crippen molar-refractivity contribution in [1.29, 1.82) is 0 Å². The van der Waals surface area contributed by atoms with Crippen LogP contribution in [0.4, 0.5) is 0 Å². The highest BCUT2D eigenvalue weighted by atomic mass is 33.1. The second-order valence-electron chi connectivity index (χ2n) is 17.1. The molecule has 0 aromatic heterocycles. The van der Waals surface area contributed by atoms with Gasteiger partial charge in [-0.1, -0.05) is 114 Å². The van der Waals surface area contributed by atoms with Gasteiger partial charge in [-0.05, 0) is 42.3 Å². The Morgan fingerprint density at radius 3 is 1.21 bits per heavy atom. The maximum Gasteiger partial charge on any atom is 0.306 e. The van der Waals surface area contributed by atoms with Gasteiger partial charge in [0.25, 0.3) is 0 Å². The van der Waals surface area contributed by atoms with Crippen LogP contribution < -0.4 is 0 Å². The summed E-state index contributed by atoms with van der Waals surface area (Å²) in [7, 11) is 3.43. The lowest BCUT2D eigenvalue weighted by Crippen LogP contribution is -2.34. The molecule has 1 aliphatic rings. The molecule has 1 rings (SSSR count). The summed E-state index contributed by atoms with van der Waals surface area (Å²) in [4.78, 5) is 52.1. The molecule has 17 heteroatoms. The van der Waals surface area contributed by atoms with Crippen LogP contribution in [0.1, 0.15) is 125 Å². The molecule has 0 radical (unpaired) electrons. The first-order chi connectivity index (χ1) is 30.4. The molecule has 0 saturated carbocycles. The third-order valence-electron chi connectivity index (χ3n) is 10.5. The van der Waals surface area contributed by atoms with Gasteiger partial charge in [0, 0.05) is 16.9 Å². The summed E-state index contributed by atoms with van der Waals surface area (Å²) in [6, 6.07) is 0. The van der Waals surface area contributed by atoms with Crippen molar-refractivity contribution < 1.29 is 61.8 Å². The number of nitrogens with zero attached hydrogens (tertiary/aromatic N) is 1. The van der Waals surface area contributed by atoms with Crippen LogP contribution >= 0.6 is 33.8 Å². The largest absolute Gasteiger partial charge is 0.466 e. The van der Waals surface area contributed by atoms with Crippen molar-refractivity contribution in [2.24, 2.45) is 34.1 Å². The molecule has 63 heavy (non-hydrogen) atoms. The zero-order valence-corrected chi connectivity index (χ0v) is 41.7. The Bertz CT molecular complexity index is 1230. The summed E-state index contributed by atoms with van der Waals surface area (Å²) >= 11 is 4.66. The van der Waals surface area contributed by atoms with E-state index in [1.54, 1.807) is 21.6 Å². The van der Waals surface area contributed by atoms with Crippen molar-refractivity contribution in [2.45, 2.75) is 125 Å². The van der Waals surface area contributed by atoms with Crippen LogP contribution in [-0.2, 0) is 61.8 Å². The van der Waals surface area contributed by atoms with E-state index in [9.17, 15) is 19.2 Å². The highest BCUT2D eigenvalue weighted by molar-refractivity contribution is 8.77. The molecule has 366 valence electrons. The molecule has 0 bridgehead atoms. The highest BCUT2D eigenvalue weighted by Gasteiger charge is 2.37. The predicted octanol–water partition coefficient (Wildman–Crippen LogP) is 8.75. The average Bonchev–Trinajstić information content (AvgIpc) is 3.73. The van der Waals surface area contributed by atoms with Crippen molar-refractivity contribution in [2.75, 3.05) is 111 Å². The molecule has 0 aromatic carbocycles. The van der Waals surface area contributed by atoms with Gasteiger partial charge in [-0.2, -0.15) is 0 Å². The zero-order chi connectivity index (χ0) is 46.2. The molecule has 0 N–H and O–H groups in total. The predicted molar refractivity (Wildman–Crippen MR) is 252 cm³/mol. The Balaban J connectivity index is 1.83. The minimum absolute atomic E-state index is 0.0106. The van der Waals surface area contributed by atoms with Gasteiger partial charge in [-0.15, -0.1) is 0 Å². The minimum atomic E-state index is -0.488. The quantitative estimate of drug-likeness (QED) is 0.0142. The van der Waals surface area contributed by atoms with E-state index < -0.39 is 17.9 Å². The molecule has 14 nitrogen and oxygen atoms in total. The van der Waals surface area contributed by atoms with Crippen molar-refractivity contribution >= 4 is 62.8 Å². The van der Waals surface area contributed by atoms with E-state index in [0.717, 1.165) is 42.1 Å². The van der Waals surface area contributed by atoms with Gasteiger partial charge in [0.2, 0.25) is 0 Å². The molecule has 0 amide bonds. The van der Waals surface area contributed by atoms with Gasteiger partial charge >= 0.3 is 23.9 Å². The Labute approximate surface area is 392 Å². The summed E-state index contributed by atoms with van der Waals surface area (Å²) in [6.07, 6.45) is 12.4. The third kappa shape index (κ3) is 37.0. The number of ether oxygens (including phenoxy) is 9. The number of thiocarbonyl (C=S) groups is 1. The maximum absolute atomic E-state index is 12.1. The molecule has 1 saturated heterocycles. The van der Waals surface area contributed by atoms with E-state index in [2.05, 4.69) is 57.0 Å². The van der Waals surface area contributed by atoms with Gasteiger partial charge < -0.3 is 42.6 Å². The highest BCUT2D eigenvalue weighted by Crippen LogP contribution is 2.43. The first-order valence-corrected chi connectivity index (χ1v) is 26.1. The molecule has 1 aliphatic heterocycles. The number of carbonyl (C=O) groups excluding carboxylic acids is 4. The number of hydrogen-bond donors (Lipinski definition) is 0. The van der Waals surface area contributed by atoms with Gasteiger partial charge in [0.1, 0.15) is 19.8 Å². The van der Waals surface area contributed by atoms with Crippen LogP contribution in [0.2, 0.25) is 0 Å². The smallest absolute Gasteiger partial charge is 0.306 e. The van der Waals surface area contributed by atoms with Crippen molar-refractivity contribution in [3.63, 3.8) is 0 Å². The Hall–Kier alpha value is -1.82. The molecule has 1 heterocycles. The fourth-order valence-corrected chi connectivity index (χ4v) is 9.86. The minimum Gasteiger partial charge on any atom is -0.466 e. The lowest BCUT2D eigenvalue weighted by molar-refractivity contribution is -0.152. The number of hydrogen-bond acceptors (Lipinski definition) is 17. The van der Waals surface area contributed by atoms with E-state index in [-0.39, 0.29) is 70.1 Å². The van der Waals surface area contributed by atoms with Crippen LogP contribution in [0, 0.1) is 29.1 Å². The van der Waals surface area contributed by atoms with E-state index in [0.29, 0.717) is 71.9 Å². The second-order valence-corrected chi connectivity index (χ2v) is 19.8. The lowest BCUT2D eigenvalue weighted by Gasteiger charge is -2.24. The molecule has 3 unspecified atom stereocenters. The second kappa shape index (κ2) is 40.5. The Kier molecular flexibility index (Phi) is 38.0. The molecule has 0 spiro atoms. The number of carbonyl (C=O) groups is 4. The average molecular weight is 952 g/mol. The van der Waals surface area contributed by atoms with E-state index in [1.165, 1.54) is 51.4 Å². The summed E-state index contributed by atoms with van der Waals surface area (Å²) in [5, 5.41) is 2.37. The summed E-state index contributed by atoms with van der Waals surface area (Å²) in [6.45, 7) is 16.4. The van der Waals surface area contributed by atoms with Crippen molar-refractivity contribution in [3.8, 4) is 0 Å².